The van der Waals surface area contributed by atoms with Crippen molar-refractivity contribution < 1.29 is 18.8 Å². The van der Waals surface area contributed by atoms with Crippen molar-refractivity contribution in [1.29, 1.82) is 0 Å². The Hall–Kier alpha value is -3.32. The lowest BCUT2D eigenvalue weighted by Gasteiger charge is -2.26. The normalized spacial score (nSPS) is 13.9. The number of halogens is 1. The van der Waals surface area contributed by atoms with Crippen molar-refractivity contribution in [3.8, 4) is 0 Å². The minimum absolute atomic E-state index is 0.0670. The molecule has 1 aliphatic rings. The summed E-state index contributed by atoms with van der Waals surface area (Å²) in [7, 11) is 0. The topological polar surface area (TPSA) is 91.7 Å². The lowest BCUT2D eigenvalue weighted by atomic mass is 10.1. The molecule has 7 nitrogen and oxygen atoms in total. The Morgan fingerprint density at radius 2 is 1.97 bits per heavy atom. The third-order valence-corrected chi connectivity index (χ3v) is 5.40. The summed E-state index contributed by atoms with van der Waals surface area (Å²) in [6.07, 6.45) is 0. The van der Waals surface area contributed by atoms with Crippen molar-refractivity contribution in [2.24, 2.45) is 0 Å². The molecule has 1 fully saturated rings. The SMILES string of the molecule is Cc1c(C(=O)NCc2ccc(C(=O)N3CCNC(=O)C3)cc2)oc2c(Cl)cccc12. The summed E-state index contributed by atoms with van der Waals surface area (Å²) in [5.74, 6) is -0.446. The number of para-hydroxylation sites is 1. The van der Waals surface area contributed by atoms with Crippen LogP contribution in [0.5, 0.6) is 0 Å². The maximum atomic E-state index is 12.6. The Kier molecular flexibility index (Phi) is 5.46. The zero-order chi connectivity index (χ0) is 21.3. The van der Waals surface area contributed by atoms with Gasteiger partial charge in [-0.3, -0.25) is 14.4 Å². The Labute approximate surface area is 178 Å². The first-order valence-electron chi connectivity index (χ1n) is 9.55. The van der Waals surface area contributed by atoms with E-state index in [1.165, 1.54) is 4.90 Å². The summed E-state index contributed by atoms with van der Waals surface area (Å²) in [6, 6.07) is 12.3. The first-order chi connectivity index (χ1) is 14.4. The van der Waals surface area contributed by atoms with Crippen molar-refractivity contribution in [2.45, 2.75) is 13.5 Å². The molecule has 3 amide bonds. The van der Waals surface area contributed by atoms with Gasteiger partial charge in [0.2, 0.25) is 5.91 Å². The fraction of sp³-hybridized carbons (Fsp3) is 0.227. The van der Waals surface area contributed by atoms with E-state index in [0.29, 0.717) is 29.3 Å². The highest BCUT2D eigenvalue weighted by atomic mass is 35.5. The zero-order valence-corrected chi connectivity index (χ0v) is 17.1. The van der Waals surface area contributed by atoms with Crippen LogP contribution in [-0.2, 0) is 11.3 Å². The Morgan fingerprint density at radius 1 is 1.20 bits per heavy atom. The number of aryl methyl sites for hydroxylation is 1. The van der Waals surface area contributed by atoms with Gasteiger partial charge in [0.05, 0.1) is 11.6 Å². The Bertz CT molecular complexity index is 1140. The number of rotatable bonds is 4. The maximum Gasteiger partial charge on any atom is 0.287 e. The highest BCUT2D eigenvalue weighted by molar-refractivity contribution is 6.35. The molecule has 0 bridgehead atoms. The van der Waals surface area contributed by atoms with E-state index in [9.17, 15) is 14.4 Å². The van der Waals surface area contributed by atoms with E-state index < -0.39 is 0 Å². The number of hydrogen-bond acceptors (Lipinski definition) is 4. The van der Waals surface area contributed by atoms with Gasteiger partial charge >= 0.3 is 0 Å². The minimum atomic E-state index is -0.334. The third kappa shape index (κ3) is 3.89. The molecule has 2 N–H and O–H groups in total. The van der Waals surface area contributed by atoms with E-state index in [1.54, 1.807) is 30.3 Å². The Morgan fingerprint density at radius 3 is 2.67 bits per heavy atom. The smallest absolute Gasteiger partial charge is 0.287 e. The molecule has 30 heavy (non-hydrogen) atoms. The number of carbonyl (C=O) groups excluding carboxylic acids is 3. The van der Waals surface area contributed by atoms with E-state index in [4.69, 9.17) is 16.0 Å². The number of benzene rings is 2. The molecule has 2 heterocycles. The predicted octanol–water partition coefficient (Wildman–Crippen LogP) is 2.90. The molecule has 1 saturated heterocycles. The summed E-state index contributed by atoms with van der Waals surface area (Å²) < 4.78 is 5.68. The molecule has 4 rings (SSSR count). The van der Waals surface area contributed by atoms with Crippen molar-refractivity contribution >= 4 is 40.3 Å². The van der Waals surface area contributed by atoms with Crippen LogP contribution >= 0.6 is 11.6 Å². The number of piperazine rings is 1. The van der Waals surface area contributed by atoms with Crippen LogP contribution in [0.3, 0.4) is 0 Å². The molecule has 3 aromatic rings. The predicted molar refractivity (Wildman–Crippen MR) is 112 cm³/mol. The van der Waals surface area contributed by atoms with Gasteiger partial charge in [-0.2, -0.15) is 0 Å². The van der Waals surface area contributed by atoms with E-state index in [1.807, 2.05) is 19.1 Å². The van der Waals surface area contributed by atoms with Crippen LogP contribution < -0.4 is 10.6 Å². The van der Waals surface area contributed by atoms with Crippen molar-refractivity contribution in [1.82, 2.24) is 15.5 Å². The fourth-order valence-corrected chi connectivity index (χ4v) is 3.66. The Balaban J connectivity index is 1.41. The molecule has 0 spiro atoms. The summed E-state index contributed by atoms with van der Waals surface area (Å²) in [5.41, 5.74) is 2.57. The van der Waals surface area contributed by atoms with Crippen LogP contribution in [-0.4, -0.2) is 42.3 Å². The molecule has 0 unspecified atom stereocenters. The van der Waals surface area contributed by atoms with Gasteiger partial charge in [-0.25, -0.2) is 0 Å². The molecular weight excluding hydrogens is 406 g/mol. The number of carbonyl (C=O) groups is 3. The molecule has 1 aliphatic heterocycles. The number of fused-ring (bicyclic) bond motifs is 1. The molecule has 0 saturated carbocycles. The summed E-state index contributed by atoms with van der Waals surface area (Å²) in [5, 5.41) is 6.79. The quantitative estimate of drug-likeness (QED) is 0.672. The van der Waals surface area contributed by atoms with Crippen LogP contribution in [0.2, 0.25) is 5.02 Å². The van der Waals surface area contributed by atoms with Gasteiger partial charge in [0.1, 0.15) is 0 Å². The summed E-state index contributed by atoms with van der Waals surface area (Å²) >= 11 is 6.15. The van der Waals surface area contributed by atoms with E-state index in [-0.39, 0.29) is 36.6 Å². The number of amides is 3. The van der Waals surface area contributed by atoms with Crippen LogP contribution in [0, 0.1) is 6.92 Å². The van der Waals surface area contributed by atoms with Crippen molar-refractivity contribution in [3.63, 3.8) is 0 Å². The van der Waals surface area contributed by atoms with Gasteiger partial charge in [-0.15, -0.1) is 0 Å². The monoisotopic (exact) mass is 425 g/mol. The van der Waals surface area contributed by atoms with Gasteiger partial charge in [0.25, 0.3) is 11.8 Å². The van der Waals surface area contributed by atoms with Gasteiger partial charge in [-0.05, 0) is 30.7 Å². The molecule has 154 valence electrons. The lowest BCUT2D eigenvalue weighted by Crippen LogP contribution is -2.49. The van der Waals surface area contributed by atoms with Crippen LogP contribution in [0.15, 0.2) is 46.9 Å². The molecule has 8 heteroatoms. The second-order valence-electron chi connectivity index (χ2n) is 7.13. The average Bonchev–Trinajstić information content (AvgIpc) is 3.10. The van der Waals surface area contributed by atoms with Crippen molar-refractivity contribution in [3.05, 3.63) is 69.9 Å². The van der Waals surface area contributed by atoms with Gasteiger partial charge in [0, 0.05) is 36.1 Å². The standard InChI is InChI=1S/C22H20ClN3O4/c1-13-16-3-2-4-17(23)20(16)30-19(13)21(28)25-11-14-5-7-15(8-6-14)22(29)26-10-9-24-18(27)12-26/h2-8H,9-12H2,1H3,(H,24,27)(H,25,28). The fourth-order valence-electron chi connectivity index (χ4n) is 3.45. The van der Waals surface area contributed by atoms with Gasteiger partial charge in [-0.1, -0.05) is 35.9 Å². The van der Waals surface area contributed by atoms with Crippen LogP contribution in [0.1, 0.15) is 32.0 Å². The van der Waals surface area contributed by atoms with E-state index >= 15 is 0 Å². The number of furan rings is 1. The summed E-state index contributed by atoms with van der Waals surface area (Å²) in [6.45, 7) is 3.11. The molecule has 1 aromatic heterocycles. The first kappa shape index (κ1) is 20.0. The van der Waals surface area contributed by atoms with E-state index in [2.05, 4.69) is 10.6 Å². The number of nitrogens with zero attached hydrogens (tertiary/aromatic N) is 1. The molecule has 0 atom stereocenters. The highest BCUT2D eigenvalue weighted by Gasteiger charge is 2.22. The molecule has 2 aromatic carbocycles. The second kappa shape index (κ2) is 8.20. The number of nitrogens with one attached hydrogen (secondary N) is 2. The van der Waals surface area contributed by atoms with Crippen molar-refractivity contribution in [2.75, 3.05) is 19.6 Å². The molecule has 0 radical (unpaired) electrons. The largest absolute Gasteiger partial charge is 0.449 e. The van der Waals surface area contributed by atoms with Crippen LogP contribution in [0.25, 0.3) is 11.0 Å². The minimum Gasteiger partial charge on any atom is -0.449 e. The van der Waals surface area contributed by atoms with Gasteiger partial charge < -0.3 is 20.0 Å². The lowest BCUT2D eigenvalue weighted by molar-refractivity contribution is -0.123. The van der Waals surface area contributed by atoms with Gasteiger partial charge in [0.15, 0.2) is 11.3 Å². The second-order valence-corrected chi connectivity index (χ2v) is 7.54. The summed E-state index contributed by atoms with van der Waals surface area (Å²) in [4.78, 5) is 38.1. The molecule has 0 aliphatic carbocycles. The highest BCUT2D eigenvalue weighted by Crippen LogP contribution is 2.30. The maximum absolute atomic E-state index is 12.6. The zero-order valence-electron chi connectivity index (χ0n) is 16.3. The van der Waals surface area contributed by atoms with E-state index in [0.717, 1.165) is 16.5 Å². The van der Waals surface area contributed by atoms with Crippen LogP contribution in [0.4, 0.5) is 0 Å². The average molecular weight is 426 g/mol. The first-order valence-corrected chi connectivity index (χ1v) is 9.92. The number of hydrogen-bond donors (Lipinski definition) is 2. The molecular formula is C22H20ClN3O4. The third-order valence-electron chi connectivity index (χ3n) is 5.10.